The summed E-state index contributed by atoms with van der Waals surface area (Å²) in [6, 6.07) is 0.199. The highest BCUT2D eigenvalue weighted by atomic mass is 16.4. The van der Waals surface area contributed by atoms with Crippen LogP contribution >= 0.6 is 0 Å². The first-order valence-corrected chi connectivity index (χ1v) is 10.2. The summed E-state index contributed by atoms with van der Waals surface area (Å²) in [5.41, 5.74) is 14.3. The summed E-state index contributed by atoms with van der Waals surface area (Å²) in [4.78, 5) is 42.7. The van der Waals surface area contributed by atoms with Crippen molar-refractivity contribution in [2.75, 3.05) is 5.73 Å². The zero-order valence-corrected chi connectivity index (χ0v) is 17.7. The molecule has 0 bridgehead atoms. The molecule has 1 aromatic heterocycles. The minimum absolute atomic E-state index is 0.0645. The quantitative estimate of drug-likeness (QED) is 0.255. The van der Waals surface area contributed by atoms with E-state index in [0.29, 0.717) is 16.8 Å². The van der Waals surface area contributed by atoms with Gasteiger partial charge in [-0.2, -0.15) is 0 Å². The van der Waals surface area contributed by atoms with Crippen molar-refractivity contribution in [2.45, 2.75) is 37.3 Å². The molecule has 2 aromatic rings. The molecule has 0 saturated carbocycles. The van der Waals surface area contributed by atoms with Crippen LogP contribution in [0.5, 0.6) is 0 Å². The van der Waals surface area contributed by atoms with E-state index in [9.17, 15) is 29.7 Å². The van der Waals surface area contributed by atoms with Gasteiger partial charge in [0.25, 0.3) is 5.91 Å². The summed E-state index contributed by atoms with van der Waals surface area (Å²) in [5.74, 6) is -6.95. The first-order valence-electron chi connectivity index (χ1n) is 10.2. The zero-order chi connectivity index (χ0) is 24.2. The molecule has 0 unspecified atom stereocenters. The fraction of sp³-hybridized carbons (Fsp3) is 0.364. The van der Waals surface area contributed by atoms with Gasteiger partial charge in [0, 0.05) is 23.1 Å². The van der Waals surface area contributed by atoms with Gasteiger partial charge in [-0.1, -0.05) is 13.8 Å². The van der Waals surface area contributed by atoms with Crippen LogP contribution in [-0.2, 0) is 15.0 Å². The number of allylic oxidation sites excluding steroid dienone is 1. The van der Waals surface area contributed by atoms with Gasteiger partial charge in [0.1, 0.15) is 22.6 Å². The SMILES string of the molecule is CC1(C)c2c(N)cc3ncoc3c2C(=O)C2=C(O)[C@]3(O)C(=O)C(C(N)=O)=C(O)[C@@H](N)[C@@H]3C[C@@H]21. The molecule has 9 N–H and O–H groups in total. The third-order valence-electron chi connectivity index (χ3n) is 7.46. The van der Waals surface area contributed by atoms with E-state index in [4.69, 9.17) is 21.6 Å². The molecular formula is C22H22N4O7. The topological polar surface area (TPSA) is 216 Å². The molecule has 11 heteroatoms. The van der Waals surface area contributed by atoms with Gasteiger partial charge in [0.15, 0.2) is 23.4 Å². The number of carbonyl (C=O) groups is 3. The highest BCUT2D eigenvalue weighted by Crippen LogP contribution is 2.57. The van der Waals surface area contributed by atoms with Crippen molar-refractivity contribution in [3.05, 3.63) is 46.3 Å². The molecule has 0 radical (unpaired) electrons. The minimum atomic E-state index is -2.72. The molecule has 0 saturated heterocycles. The van der Waals surface area contributed by atoms with Crippen molar-refractivity contribution in [1.29, 1.82) is 0 Å². The molecular weight excluding hydrogens is 432 g/mol. The largest absolute Gasteiger partial charge is 0.510 e. The Bertz CT molecular complexity index is 1370. The first-order chi connectivity index (χ1) is 15.3. The highest BCUT2D eigenvalue weighted by molar-refractivity contribution is 6.25. The van der Waals surface area contributed by atoms with E-state index in [1.165, 1.54) is 0 Å². The fourth-order valence-electron chi connectivity index (χ4n) is 5.84. The predicted octanol–water partition coefficient (Wildman–Crippen LogP) is 0.271. The van der Waals surface area contributed by atoms with E-state index >= 15 is 0 Å². The van der Waals surface area contributed by atoms with E-state index in [1.807, 2.05) is 0 Å². The van der Waals surface area contributed by atoms with Gasteiger partial charge in [0.05, 0.1) is 11.6 Å². The van der Waals surface area contributed by atoms with E-state index in [2.05, 4.69) is 4.98 Å². The number of aliphatic hydroxyl groups is 3. The summed E-state index contributed by atoms with van der Waals surface area (Å²) in [6.07, 6.45) is 1.09. The maximum absolute atomic E-state index is 13.7. The number of hydrogen-bond acceptors (Lipinski definition) is 10. The summed E-state index contributed by atoms with van der Waals surface area (Å²) in [6.45, 7) is 3.61. The number of carbonyl (C=O) groups excluding carboxylic acids is 3. The summed E-state index contributed by atoms with van der Waals surface area (Å²) >= 11 is 0. The average Bonchev–Trinajstić information content (AvgIpc) is 3.19. The molecule has 172 valence electrons. The smallest absolute Gasteiger partial charge is 0.255 e. The van der Waals surface area contributed by atoms with Crippen LogP contribution in [0.2, 0.25) is 0 Å². The lowest BCUT2D eigenvalue weighted by molar-refractivity contribution is -0.146. The molecule has 3 aliphatic rings. The second-order valence-corrected chi connectivity index (χ2v) is 9.37. The third kappa shape index (κ3) is 2.30. The number of benzene rings is 1. The Morgan fingerprint density at radius 2 is 1.94 bits per heavy atom. The summed E-state index contributed by atoms with van der Waals surface area (Å²) in [7, 11) is 0. The lowest BCUT2D eigenvalue weighted by Crippen LogP contribution is -2.64. The second kappa shape index (κ2) is 6.21. The van der Waals surface area contributed by atoms with Crippen molar-refractivity contribution in [1.82, 2.24) is 4.98 Å². The van der Waals surface area contributed by atoms with Crippen LogP contribution in [0.4, 0.5) is 5.69 Å². The van der Waals surface area contributed by atoms with E-state index < -0.39 is 63.5 Å². The van der Waals surface area contributed by atoms with Crippen molar-refractivity contribution in [3.63, 3.8) is 0 Å². The predicted molar refractivity (Wildman–Crippen MR) is 114 cm³/mol. The molecule has 4 atom stereocenters. The van der Waals surface area contributed by atoms with Crippen LogP contribution in [0.15, 0.2) is 39.5 Å². The van der Waals surface area contributed by atoms with Crippen molar-refractivity contribution >= 4 is 34.3 Å². The Kier molecular flexibility index (Phi) is 3.98. The maximum atomic E-state index is 13.7. The lowest BCUT2D eigenvalue weighted by atomic mass is 9.52. The Morgan fingerprint density at radius 1 is 1.27 bits per heavy atom. The number of nitrogens with two attached hydrogens (primary N) is 3. The normalized spacial score (nSPS) is 30.8. The average molecular weight is 454 g/mol. The molecule has 1 heterocycles. The number of rotatable bonds is 1. The molecule has 11 nitrogen and oxygen atoms in total. The third-order valence-corrected chi connectivity index (χ3v) is 7.46. The maximum Gasteiger partial charge on any atom is 0.255 e. The summed E-state index contributed by atoms with van der Waals surface area (Å²) < 4.78 is 5.44. The standard InChI is InChI=1S/C22H22N4O7/c1-21(2)6-3-7-14(24)16(28)12(20(25)31)19(30)22(7,32)18(29)10(6)15(27)11-13(21)8(23)4-9-17(11)33-5-26-9/h4-7,14,28-29,32H,3,23-24H2,1-2H3,(H2,25,31)/t6-,7-,14-,22-/m0/s1. The zero-order valence-electron chi connectivity index (χ0n) is 17.7. The number of primary amides is 1. The van der Waals surface area contributed by atoms with Crippen LogP contribution in [-0.4, -0.2) is 49.4 Å². The minimum Gasteiger partial charge on any atom is -0.510 e. The lowest BCUT2D eigenvalue weighted by Gasteiger charge is -2.52. The number of ketones is 2. The molecule has 5 rings (SSSR count). The van der Waals surface area contributed by atoms with E-state index in [-0.39, 0.29) is 23.1 Å². The molecule has 1 aromatic carbocycles. The molecule has 33 heavy (non-hydrogen) atoms. The van der Waals surface area contributed by atoms with E-state index in [0.717, 1.165) is 6.39 Å². The molecule has 1 amide bonds. The molecule has 0 aliphatic heterocycles. The number of anilines is 1. The van der Waals surface area contributed by atoms with Gasteiger partial charge < -0.3 is 36.9 Å². The number of Topliss-reactive ketones (excluding diaryl/α,β-unsaturated/α-hetero) is 2. The number of fused-ring (bicyclic) bond motifs is 5. The Hall–Kier alpha value is -3.70. The molecule has 3 aliphatic carbocycles. The van der Waals surface area contributed by atoms with Crippen LogP contribution in [0.1, 0.15) is 36.2 Å². The molecule has 0 spiro atoms. The van der Waals surface area contributed by atoms with Crippen LogP contribution < -0.4 is 17.2 Å². The van der Waals surface area contributed by atoms with Gasteiger partial charge in [-0.25, -0.2) is 4.98 Å². The van der Waals surface area contributed by atoms with Crippen molar-refractivity contribution in [3.8, 4) is 0 Å². The second-order valence-electron chi connectivity index (χ2n) is 9.37. The number of aliphatic hydroxyl groups excluding tert-OH is 2. The number of oxazole rings is 1. The van der Waals surface area contributed by atoms with Gasteiger partial charge in [-0.3, -0.25) is 14.4 Å². The Balaban J connectivity index is 1.84. The van der Waals surface area contributed by atoms with Gasteiger partial charge in [0.2, 0.25) is 5.78 Å². The van der Waals surface area contributed by atoms with Crippen LogP contribution in [0.25, 0.3) is 11.1 Å². The molecule has 0 fully saturated rings. The summed E-state index contributed by atoms with van der Waals surface area (Å²) in [5, 5.41) is 33.1. The monoisotopic (exact) mass is 454 g/mol. The highest BCUT2D eigenvalue weighted by Gasteiger charge is 2.64. The fourth-order valence-corrected chi connectivity index (χ4v) is 5.84. The Labute approximate surface area is 186 Å². The number of nitrogen functional groups attached to an aromatic ring is 1. The van der Waals surface area contributed by atoms with Crippen molar-refractivity contribution < 1.29 is 34.1 Å². The Morgan fingerprint density at radius 3 is 2.58 bits per heavy atom. The van der Waals surface area contributed by atoms with Crippen LogP contribution in [0.3, 0.4) is 0 Å². The number of nitrogens with zero attached hydrogens (tertiary/aromatic N) is 1. The number of hydrogen-bond donors (Lipinski definition) is 6. The van der Waals surface area contributed by atoms with Gasteiger partial charge in [-0.05, 0) is 23.5 Å². The first kappa shape index (κ1) is 21.2. The van der Waals surface area contributed by atoms with E-state index in [1.54, 1.807) is 19.9 Å². The van der Waals surface area contributed by atoms with Gasteiger partial charge in [-0.15, -0.1) is 0 Å². The number of amides is 1. The van der Waals surface area contributed by atoms with Gasteiger partial charge >= 0.3 is 0 Å². The van der Waals surface area contributed by atoms with Crippen LogP contribution in [0, 0.1) is 11.8 Å². The van der Waals surface area contributed by atoms with Crippen molar-refractivity contribution in [2.24, 2.45) is 23.3 Å². The number of aromatic nitrogens is 1.